The third-order valence-electron chi connectivity index (χ3n) is 5.26. The van der Waals surface area contributed by atoms with E-state index in [-0.39, 0.29) is 24.9 Å². The molecule has 0 fully saturated rings. The average Bonchev–Trinajstić information content (AvgIpc) is 2.83. The van der Waals surface area contributed by atoms with Crippen molar-refractivity contribution >= 4 is 17.7 Å². The summed E-state index contributed by atoms with van der Waals surface area (Å²) in [6.07, 6.45) is 0.150. The number of alkyl halides is 3. The maximum atomic E-state index is 12.8. The Kier molecular flexibility index (Phi) is 8.40. The first-order valence-electron chi connectivity index (χ1n) is 11.0. The minimum atomic E-state index is -4.39. The standard InChI is InChI=1S/C25H25F3N4O3/c1-2-3-20(16-4-6-18(7-5-16)24(35)29-13-12-23(33)34)32-22-15-30-21(14-31-22)17-8-10-19(11-9-17)25(26,27)28/h4-11,14-15,20H,2-3,12-13H2,1H3,(H,29,35)(H,31,32)(H,33,34)/t20-/m1/s1. The van der Waals surface area contributed by atoms with Gasteiger partial charge in [-0.1, -0.05) is 37.6 Å². The number of benzene rings is 2. The zero-order valence-electron chi connectivity index (χ0n) is 19.0. The first-order chi connectivity index (χ1) is 16.7. The normalized spacial score (nSPS) is 12.1. The third-order valence-corrected chi connectivity index (χ3v) is 5.26. The Hall–Kier alpha value is -3.95. The molecule has 7 nitrogen and oxygen atoms in total. The fourth-order valence-electron chi connectivity index (χ4n) is 3.42. The predicted octanol–water partition coefficient (Wildman–Crippen LogP) is 5.32. The van der Waals surface area contributed by atoms with Crippen molar-refractivity contribution < 1.29 is 27.9 Å². The van der Waals surface area contributed by atoms with Gasteiger partial charge < -0.3 is 15.7 Å². The van der Waals surface area contributed by atoms with Gasteiger partial charge in [0.2, 0.25) is 0 Å². The van der Waals surface area contributed by atoms with E-state index in [1.54, 1.807) is 12.1 Å². The molecule has 0 saturated heterocycles. The zero-order chi connectivity index (χ0) is 25.4. The van der Waals surface area contributed by atoms with Gasteiger partial charge in [0.15, 0.2) is 0 Å². The summed E-state index contributed by atoms with van der Waals surface area (Å²) >= 11 is 0. The van der Waals surface area contributed by atoms with Crippen LogP contribution in [0.15, 0.2) is 60.9 Å². The molecule has 1 heterocycles. The molecule has 3 aromatic rings. The van der Waals surface area contributed by atoms with E-state index in [1.165, 1.54) is 24.5 Å². The molecule has 0 spiro atoms. The van der Waals surface area contributed by atoms with Gasteiger partial charge in [-0.05, 0) is 36.2 Å². The van der Waals surface area contributed by atoms with Crippen molar-refractivity contribution in [3.05, 3.63) is 77.6 Å². The number of nitrogens with zero attached hydrogens (tertiary/aromatic N) is 2. The smallest absolute Gasteiger partial charge is 0.416 e. The quantitative estimate of drug-likeness (QED) is 0.358. The van der Waals surface area contributed by atoms with Gasteiger partial charge in [-0.15, -0.1) is 0 Å². The van der Waals surface area contributed by atoms with E-state index in [9.17, 15) is 22.8 Å². The number of nitrogens with one attached hydrogen (secondary N) is 2. The number of anilines is 1. The van der Waals surface area contributed by atoms with Crippen LogP contribution >= 0.6 is 0 Å². The monoisotopic (exact) mass is 486 g/mol. The lowest BCUT2D eigenvalue weighted by atomic mass is 10.0. The molecule has 0 aliphatic rings. The van der Waals surface area contributed by atoms with Gasteiger partial charge in [0, 0.05) is 17.7 Å². The van der Waals surface area contributed by atoms with E-state index < -0.39 is 17.7 Å². The van der Waals surface area contributed by atoms with Gasteiger partial charge in [-0.2, -0.15) is 13.2 Å². The molecule has 3 N–H and O–H groups in total. The molecule has 0 aliphatic carbocycles. The topological polar surface area (TPSA) is 104 Å². The number of carboxylic acids is 1. The molecule has 1 atom stereocenters. The molecule has 0 unspecified atom stereocenters. The van der Waals surface area contributed by atoms with Crippen LogP contribution in [0.4, 0.5) is 19.0 Å². The highest BCUT2D eigenvalue weighted by Crippen LogP contribution is 2.31. The molecule has 35 heavy (non-hydrogen) atoms. The van der Waals surface area contributed by atoms with Crippen molar-refractivity contribution in [2.45, 2.75) is 38.4 Å². The predicted molar refractivity (Wildman–Crippen MR) is 125 cm³/mol. The summed E-state index contributed by atoms with van der Waals surface area (Å²) in [7, 11) is 0. The van der Waals surface area contributed by atoms with Gasteiger partial charge >= 0.3 is 12.1 Å². The maximum Gasteiger partial charge on any atom is 0.416 e. The van der Waals surface area contributed by atoms with Crippen LogP contribution in [0.1, 0.15) is 53.7 Å². The SMILES string of the molecule is CCC[C@@H](Nc1cnc(-c2ccc(C(F)(F)F)cc2)cn1)c1ccc(C(=O)NCCC(=O)O)cc1. The number of carbonyl (C=O) groups is 2. The Balaban J connectivity index is 1.67. The van der Waals surface area contributed by atoms with Crippen LogP contribution in [-0.4, -0.2) is 33.5 Å². The second kappa shape index (κ2) is 11.5. The van der Waals surface area contributed by atoms with E-state index in [4.69, 9.17) is 5.11 Å². The number of carbonyl (C=O) groups excluding carboxylic acids is 1. The van der Waals surface area contributed by atoms with Crippen molar-refractivity contribution in [3.63, 3.8) is 0 Å². The molecule has 0 aliphatic heterocycles. The summed E-state index contributed by atoms with van der Waals surface area (Å²) in [5.41, 5.74) is 1.62. The van der Waals surface area contributed by atoms with Gasteiger partial charge in [-0.25, -0.2) is 4.98 Å². The Morgan fingerprint density at radius 1 is 1.00 bits per heavy atom. The number of amides is 1. The van der Waals surface area contributed by atoms with Crippen LogP contribution in [-0.2, 0) is 11.0 Å². The number of hydrogen-bond donors (Lipinski definition) is 3. The maximum absolute atomic E-state index is 12.8. The molecule has 3 rings (SSSR count). The Bertz CT molecular complexity index is 1130. The number of rotatable bonds is 10. The van der Waals surface area contributed by atoms with E-state index in [2.05, 4.69) is 20.6 Å². The highest BCUT2D eigenvalue weighted by atomic mass is 19.4. The van der Waals surface area contributed by atoms with E-state index in [0.717, 1.165) is 30.5 Å². The molecule has 184 valence electrons. The van der Waals surface area contributed by atoms with Gasteiger partial charge in [0.25, 0.3) is 5.91 Å². The highest BCUT2D eigenvalue weighted by molar-refractivity contribution is 5.94. The molecule has 1 aromatic heterocycles. The lowest BCUT2D eigenvalue weighted by molar-refractivity contribution is -0.138. The number of aromatic nitrogens is 2. The van der Waals surface area contributed by atoms with E-state index >= 15 is 0 Å². The molecule has 2 aromatic carbocycles. The van der Waals surface area contributed by atoms with Gasteiger partial charge in [0.1, 0.15) is 5.82 Å². The Morgan fingerprint density at radius 3 is 2.23 bits per heavy atom. The minimum Gasteiger partial charge on any atom is -0.481 e. The fourth-order valence-corrected chi connectivity index (χ4v) is 3.42. The summed E-state index contributed by atoms with van der Waals surface area (Å²) in [5.74, 6) is -0.818. The molecular formula is C25H25F3N4O3. The highest BCUT2D eigenvalue weighted by Gasteiger charge is 2.30. The summed E-state index contributed by atoms with van der Waals surface area (Å²) in [5, 5.41) is 14.5. The average molecular weight is 486 g/mol. The third kappa shape index (κ3) is 7.26. The van der Waals surface area contributed by atoms with Crippen molar-refractivity contribution in [2.24, 2.45) is 0 Å². The Morgan fingerprint density at radius 2 is 1.69 bits per heavy atom. The largest absolute Gasteiger partial charge is 0.481 e. The van der Waals surface area contributed by atoms with Crippen LogP contribution in [0.5, 0.6) is 0 Å². The summed E-state index contributed by atoms with van der Waals surface area (Å²) in [4.78, 5) is 31.4. The summed E-state index contributed by atoms with van der Waals surface area (Å²) in [6, 6.07) is 11.6. The summed E-state index contributed by atoms with van der Waals surface area (Å²) < 4.78 is 38.3. The molecule has 1 amide bonds. The fraction of sp³-hybridized carbons (Fsp3) is 0.280. The summed E-state index contributed by atoms with van der Waals surface area (Å²) in [6.45, 7) is 2.09. The number of halogens is 3. The minimum absolute atomic E-state index is 0.0526. The van der Waals surface area contributed by atoms with Crippen molar-refractivity contribution in [1.82, 2.24) is 15.3 Å². The van der Waals surface area contributed by atoms with Crippen LogP contribution in [0.3, 0.4) is 0 Å². The second-order valence-corrected chi connectivity index (χ2v) is 7.87. The number of carboxylic acid groups (broad SMARTS) is 1. The van der Waals surface area contributed by atoms with E-state index in [1.807, 2.05) is 19.1 Å². The molecule has 10 heteroatoms. The van der Waals surface area contributed by atoms with Crippen molar-refractivity contribution in [1.29, 1.82) is 0 Å². The van der Waals surface area contributed by atoms with Crippen LogP contribution < -0.4 is 10.6 Å². The first kappa shape index (κ1) is 25.7. The molecule has 0 saturated carbocycles. The van der Waals surface area contributed by atoms with Gasteiger partial charge in [-0.3, -0.25) is 14.6 Å². The van der Waals surface area contributed by atoms with Crippen LogP contribution in [0, 0.1) is 0 Å². The van der Waals surface area contributed by atoms with Crippen LogP contribution in [0.2, 0.25) is 0 Å². The number of hydrogen-bond acceptors (Lipinski definition) is 5. The first-order valence-corrected chi connectivity index (χ1v) is 11.0. The Labute approximate surface area is 200 Å². The zero-order valence-corrected chi connectivity index (χ0v) is 19.0. The van der Waals surface area contributed by atoms with Gasteiger partial charge in [0.05, 0.1) is 36.1 Å². The number of aliphatic carboxylic acids is 1. The van der Waals surface area contributed by atoms with E-state index in [0.29, 0.717) is 22.6 Å². The van der Waals surface area contributed by atoms with Crippen molar-refractivity contribution in [2.75, 3.05) is 11.9 Å². The lowest BCUT2D eigenvalue weighted by Gasteiger charge is -2.19. The molecule has 0 radical (unpaired) electrons. The molecule has 0 bridgehead atoms. The van der Waals surface area contributed by atoms with Crippen LogP contribution in [0.25, 0.3) is 11.3 Å². The second-order valence-electron chi connectivity index (χ2n) is 7.87. The van der Waals surface area contributed by atoms with Crippen molar-refractivity contribution in [3.8, 4) is 11.3 Å². The molecular weight excluding hydrogens is 461 g/mol. The lowest BCUT2D eigenvalue weighted by Crippen LogP contribution is -2.26.